The van der Waals surface area contributed by atoms with Gasteiger partial charge in [-0.05, 0) is 65.1 Å². The number of rotatable bonds is 10. The lowest BCUT2D eigenvalue weighted by atomic mass is 9.96. The number of β-amino-alcohol motifs (C(OH)–C–C–N with tert-alkyl or cyclic N) is 1. The Hall–Kier alpha value is -4.26. The Labute approximate surface area is 267 Å². The lowest BCUT2D eigenvalue weighted by Crippen LogP contribution is -2.22. The maximum atomic E-state index is 10.3. The number of likely N-dealkylation sites (tertiary alicyclic amines) is 1. The number of nitriles is 1. The quantitative estimate of drug-likeness (QED) is 0.224. The van der Waals surface area contributed by atoms with Gasteiger partial charge in [0.25, 0.3) is 0 Å². The van der Waals surface area contributed by atoms with E-state index in [0.717, 1.165) is 44.9 Å². The highest BCUT2D eigenvalue weighted by molar-refractivity contribution is 6.32. The third-order valence-electron chi connectivity index (χ3n) is 8.36. The monoisotopic (exact) mass is 626 g/mol. The van der Waals surface area contributed by atoms with Crippen LogP contribution in [0.15, 0.2) is 72.8 Å². The molecule has 9 heteroatoms. The molecule has 1 saturated heterocycles. The van der Waals surface area contributed by atoms with E-state index in [-0.39, 0.29) is 19.1 Å². The summed E-state index contributed by atoms with van der Waals surface area (Å²) in [5.74, 6) is 2.39. The highest BCUT2D eigenvalue weighted by Crippen LogP contribution is 2.38. The first-order valence-corrected chi connectivity index (χ1v) is 15.4. The van der Waals surface area contributed by atoms with Gasteiger partial charge in [-0.25, -0.2) is 0 Å². The second kappa shape index (κ2) is 13.8. The lowest BCUT2D eigenvalue weighted by Gasteiger charge is -2.21. The van der Waals surface area contributed by atoms with E-state index in [4.69, 9.17) is 30.5 Å². The second-order valence-corrected chi connectivity index (χ2v) is 11.8. The van der Waals surface area contributed by atoms with Crippen LogP contribution in [0.25, 0.3) is 11.1 Å². The molecule has 6 rings (SSSR count). The Morgan fingerprint density at radius 2 is 1.71 bits per heavy atom. The van der Waals surface area contributed by atoms with Crippen molar-refractivity contribution >= 4 is 11.6 Å². The summed E-state index contributed by atoms with van der Waals surface area (Å²) in [4.78, 5) is 2.08. The maximum absolute atomic E-state index is 10.3. The first-order valence-electron chi connectivity index (χ1n) is 15.0. The summed E-state index contributed by atoms with van der Waals surface area (Å²) in [5.41, 5.74) is 6.47. The first-order chi connectivity index (χ1) is 21.9. The van der Waals surface area contributed by atoms with Gasteiger partial charge >= 0.3 is 0 Å². The van der Waals surface area contributed by atoms with Gasteiger partial charge in [0.1, 0.15) is 37.9 Å². The molecule has 2 aliphatic rings. The zero-order chi connectivity index (χ0) is 31.3. The van der Waals surface area contributed by atoms with Crippen LogP contribution in [0.2, 0.25) is 5.02 Å². The molecule has 0 spiro atoms. The first kappa shape index (κ1) is 30.8. The van der Waals surface area contributed by atoms with Gasteiger partial charge in [-0.2, -0.15) is 5.26 Å². The second-order valence-electron chi connectivity index (χ2n) is 11.4. The average molecular weight is 627 g/mol. The molecule has 232 valence electrons. The number of fused-ring (bicyclic) bond motifs is 1. The zero-order valence-corrected chi connectivity index (χ0v) is 25.8. The summed E-state index contributed by atoms with van der Waals surface area (Å²) in [5, 5.41) is 29.7. The minimum Gasteiger partial charge on any atom is -0.488 e. The molecule has 8 nitrogen and oxygen atoms in total. The number of hydrogen-bond donors (Lipinski definition) is 2. The average Bonchev–Trinajstić information content (AvgIpc) is 3.42. The van der Waals surface area contributed by atoms with Crippen LogP contribution in [0.1, 0.15) is 27.8 Å². The van der Waals surface area contributed by atoms with E-state index >= 15 is 0 Å². The summed E-state index contributed by atoms with van der Waals surface area (Å²) in [6.07, 6.45) is -0.590. The molecule has 2 N–H and O–H groups in total. The SMILES string of the molecule is Cc1c(COc2cc(OCc3cccc(C#N)c3)c(CN3CC(O)C(CO)C3)cc2Cl)cccc1-c1ccc2c(c1)OCCO2. The fourth-order valence-corrected chi connectivity index (χ4v) is 6.09. The van der Waals surface area contributed by atoms with Crippen LogP contribution in [0.3, 0.4) is 0 Å². The molecule has 2 heterocycles. The Kier molecular flexibility index (Phi) is 9.43. The van der Waals surface area contributed by atoms with Gasteiger partial charge < -0.3 is 29.2 Å². The highest BCUT2D eigenvalue weighted by atomic mass is 35.5. The number of nitrogens with zero attached hydrogens (tertiary/aromatic N) is 2. The van der Waals surface area contributed by atoms with Crippen LogP contribution < -0.4 is 18.9 Å². The molecule has 2 atom stereocenters. The van der Waals surface area contributed by atoms with Crippen LogP contribution >= 0.6 is 11.6 Å². The predicted octanol–water partition coefficient (Wildman–Crippen LogP) is 5.90. The van der Waals surface area contributed by atoms with Crippen molar-refractivity contribution in [3.63, 3.8) is 0 Å². The Morgan fingerprint density at radius 1 is 0.911 bits per heavy atom. The molecule has 4 aromatic carbocycles. The number of aliphatic hydroxyl groups excluding tert-OH is 2. The van der Waals surface area contributed by atoms with Crippen molar-refractivity contribution < 1.29 is 29.2 Å². The summed E-state index contributed by atoms with van der Waals surface area (Å²) in [7, 11) is 0. The largest absolute Gasteiger partial charge is 0.488 e. The number of benzene rings is 4. The van der Waals surface area contributed by atoms with E-state index < -0.39 is 6.10 Å². The normalized spacial score (nSPS) is 17.6. The van der Waals surface area contributed by atoms with Crippen molar-refractivity contribution in [3.05, 3.63) is 106 Å². The van der Waals surface area contributed by atoms with Gasteiger partial charge in [0.05, 0.1) is 22.8 Å². The third-order valence-corrected chi connectivity index (χ3v) is 8.65. The van der Waals surface area contributed by atoms with Gasteiger partial charge in [-0.1, -0.05) is 48.0 Å². The van der Waals surface area contributed by atoms with E-state index in [1.165, 1.54) is 0 Å². The third kappa shape index (κ3) is 7.03. The topological polar surface area (TPSA) is 104 Å². The van der Waals surface area contributed by atoms with Gasteiger partial charge in [-0.3, -0.25) is 4.90 Å². The number of ether oxygens (including phenoxy) is 4. The van der Waals surface area contributed by atoms with E-state index in [1.807, 2.05) is 54.6 Å². The van der Waals surface area contributed by atoms with Crippen molar-refractivity contribution in [2.24, 2.45) is 5.92 Å². The van der Waals surface area contributed by atoms with E-state index in [2.05, 4.69) is 24.0 Å². The summed E-state index contributed by atoms with van der Waals surface area (Å²) < 4.78 is 24.1. The number of aliphatic hydroxyl groups is 2. The fraction of sp³-hybridized carbons (Fsp3) is 0.306. The molecule has 2 unspecified atom stereocenters. The molecular weight excluding hydrogens is 592 g/mol. The maximum Gasteiger partial charge on any atom is 0.161 e. The minimum absolute atomic E-state index is 0.0704. The number of hydrogen-bond acceptors (Lipinski definition) is 8. The molecule has 0 saturated carbocycles. The summed E-state index contributed by atoms with van der Waals surface area (Å²) in [6.45, 7) is 5.13. The standard InChI is InChI=1S/C36H35ClN2O6/c1-23-27(6-3-7-30(23)26-8-9-33-36(14-26)43-11-10-42-33)22-45-35-15-34(44-21-25-5-2-4-24(12-25)16-38)28(13-31(35)37)17-39-18-29(20-40)32(41)19-39/h2-9,12-15,29,32,40-41H,10-11,17-22H2,1H3. The molecule has 0 bridgehead atoms. The van der Waals surface area contributed by atoms with Crippen molar-refractivity contribution in [1.82, 2.24) is 4.90 Å². The van der Waals surface area contributed by atoms with Crippen molar-refractivity contribution in [2.45, 2.75) is 32.8 Å². The molecule has 4 aromatic rings. The van der Waals surface area contributed by atoms with Crippen molar-refractivity contribution in [1.29, 1.82) is 5.26 Å². The van der Waals surface area contributed by atoms with Gasteiger partial charge in [0, 0.05) is 43.8 Å². The fourth-order valence-electron chi connectivity index (χ4n) is 5.85. The molecule has 2 aliphatic heterocycles. The highest BCUT2D eigenvalue weighted by Gasteiger charge is 2.31. The van der Waals surface area contributed by atoms with Crippen molar-refractivity contribution in [2.75, 3.05) is 32.9 Å². The zero-order valence-electron chi connectivity index (χ0n) is 25.0. The summed E-state index contributed by atoms with van der Waals surface area (Å²) >= 11 is 6.78. The van der Waals surface area contributed by atoms with Crippen LogP contribution in [0.4, 0.5) is 0 Å². The smallest absolute Gasteiger partial charge is 0.161 e. The minimum atomic E-state index is -0.590. The van der Waals surface area contributed by atoms with Crippen LogP contribution in [0.5, 0.6) is 23.0 Å². The van der Waals surface area contributed by atoms with Crippen LogP contribution in [0, 0.1) is 24.2 Å². The molecule has 1 fully saturated rings. The van der Waals surface area contributed by atoms with Crippen molar-refractivity contribution in [3.8, 4) is 40.2 Å². The Morgan fingerprint density at radius 3 is 2.51 bits per heavy atom. The lowest BCUT2D eigenvalue weighted by molar-refractivity contribution is 0.103. The van der Waals surface area contributed by atoms with E-state index in [0.29, 0.717) is 61.5 Å². The molecular formula is C36H35ClN2O6. The van der Waals surface area contributed by atoms with Gasteiger partial charge in [-0.15, -0.1) is 0 Å². The van der Waals surface area contributed by atoms with Gasteiger partial charge in [0.15, 0.2) is 11.5 Å². The van der Waals surface area contributed by atoms with Gasteiger partial charge in [0.2, 0.25) is 0 Å². The van der Waals surface area contributed by atoms with E-state index in [1.54, 1.807) is 12.1 Å². The van der Waals surface area contributed by atoms with Crippen LogP contribution in [-0.4, -0.2) is 54.1 Å². The number of halogens is 1. The predicted molar refractivity (Wildman–Crippen MR) is 171 cm³/mol. The molecule has 0 aliphatic carbocycles. The Balaban J connectivity index is 1.23. The van der Waals surface area contributed by atoms with E-state index in [9.17, 15) is 15.5 Å². The molecule has 45 heavy (non-hydrogen) atoms. The molecule has 0 amide bonds. The summed E-state index contributed by atoms with van der Waals surface area (Å²) in [6, 6.07) is 25.2. The Bertz CT molecular complexity index is 1720. The van der Waals surface area contributed by atoms with Crippen LogP contribution in [-0.2, 0) is 19.8 Å². The molecule has 0 radical (unpaired) electrons. The molecule has 0 aromatic heterocycles.